The Balaban J connectivity index is 1.71. The van der Waals surface area contributed by atoms with E-state index >= 15 is 0 Å². The number of rotatable bonds is 13. The summed E-state index contributed by atoms with van der Waals surface area (Å²) in [6.45, 7) is 2.13. The van der Waals surface area contributed by atoms with E-state index in [0.29, 0.717) is 19.3 Å². The average Bonchev–Trinajstić information content (AvgIpc) is 3.23. The first-order valence-electron chi connectivity index (χ1n) is 11.5. The van der Waals surface area contributed by atoms with Gasteiger partial charge in [-0.05, 0) is 49.9 Å². The molecule has 3 N–H and O–H groups in total. The number of aliphatic hydroxyl groups excluding tert-OH is 2. The van der Waals surface area contributed by atoms with Crippen molar-refractivity contribution in [3.63, 3.8) is 0 Å². The van der Waals surface area contributed by atoms with Crippen molar-refractivity contribution in [3.8, 4) is 0 Å². The van der Waals surface area contributed by atoms with Crippen LogP contribution in [0.1, 0.15) is 96.8 Å². The number of hydrogen-bond donors (Lipinski definition) is 3. The maximum atomic E-state index is 12.3. The van der Waals surface area contributed by atoms with Gasteiger partial charge in [0.2, 0.25) is 0 Å². The molecule has 0 bridgehead atoms. The third-order valence-corrected chi connectivity index (χ3v) is 7.12. The molecule has 162 valence electrons. The van der Waals surface area contributed by atoms with Gasteiger partial charge in [-0.25, -0.2) is 0 Å². The molecule has 0 heterocycles. The van der Waals surface area contributed by atoms with E-state index in [0.717, 1.165) is 38.0 Å². The Morgan fingerprint density at radius 2 is 1.79 bits per heavy atom. The van der Waals surface area contributed by atoms with Gasteiger partial charge in [0.05, 0.1) is 12.2 Å². The topological polar surface area (TPSA) is 94.8 Å². The van der Waals surface area contributed by atoms with Crippen LogP contribution in [0.2, 0.25) is 0 Å². The second-order valence-electron chi connectivity index (χ2n) is 9.36. The Kier molecular flexibility index (Phi) is 9.93. The van der Waals surface area contributed by atoms with Crippen LogP contribution in [0.4, 0.5) is 0 Å². The molecular weight excluding hydrogens is 356 g/mol. The molecule has 2 aliphatic carbocycles. The highest BCUT2D eigenvalue weighted by Crippen LogP contribution is 2.38. The van der Waals surface area contributed by atoms with Crippen LogP contribution in [0, 0.1) is 23.7 Å². The summed E-state index contributed by atoms with van der Waals surface area (Å²) in [7, 11) is 0. The third-order valence-electron chi connectivity index (χ3n) is 7.12. The Morgan fingerprint density at radius 1 is 1.11 bits per heavy atom. The number of unbranched alkanes of at least 4 members (excludes halogenated alkanes) is 3. The van der Waals surface area contributed by atoms with Gasteiger partial charge in [0.1, 0.15) is 5.78 Å². The van der Waals surface area contributed by atoms with E-state index in [-0.39, 0.29) is 42.5 Å². The molecule has 2 rings (SSSR count). The molecule has 0 radical (unpaired) electrons. The molecule has 2 saturated carbocycles. The smallest absolute Gasteiger partial charge is 0.303 e. The molecule has 0 amide bonds. The molecule has 0 aromatic carbocycles. The van der Waals surface area contributed by atoms with Crippen LogP contribution in [-0.4, -0.2) is 39.3 Å². The third kappa shape index (κ3) is 7.47. The second-order valence-corrected chi connectivity index (χ2v) is 9.36. The Hall–Kier alpha value is -0.940. The number of aliphatic hydroxyl groups is 2. The number of hydrogen-bond acceptors (Lipinski definition) is 4. The Labute approximate surface area is 169 Å². The van der Waals surface area contributed by atoms with Crippen LogP contribution in [0.15, 0.2) is 0 Å². The lowest BCUT2D eigenvalue weighted by molar-refractivity contribution is -0.137. The van der Waals surface area contributed by atoms with Gasteiger partial charge >= 0.3 is 5.97 Å². The molecule has 2 aliphatic rings. The van der Waals surface area contributed by atoms with E-state index in [1.807, 2.05) is 0 Å². The normalized spacial score (nSPS) is 28.0. The SMILES string of the molecule is CC(CC1CCCC1)C(O)CC[C@H]1[C@H](O)CC(=O)[C@@H]1CCCCCCC(=O)O. The first-order valence-corrected chi connectivity index (χ1v) is 11.5. The molecule has 5 atom stereocenters. The fraction of sp³-hybridized carbons (Fsp3) is 0.913. The summed E-state index contributed by atoms with van der Waals surface area (Å²) in [6.07, 6.45) is 11.4. The molecule has 0 spiro atoms. The number of aliphatic carboxylic acids is 1. The number of carbonyl (C=O) groups is 2. The van der Waals surface area contributed by atoms with Crippen molar-refractivity contribution < 1.29 is 24.9 Å². The lowest BCUT2D eigenvalue weighted by Gasteiger charge is -2.26. The van der Waals surface area contributed by atoms with Crippen molar-refractivity contribution in [1.82, 2.24) is 0 Å². The number of Topliss-reactive ketones (excluding diaryl/α,β-unsaturated/α-hetero) is 1. The lowest BCUT2D eigenvalue weighted by Crippen LogP contribution is -2.25. The van der Waals surface area contributed by atoms with Gasteiger partial charge in [-0.1, -0.05) is 51.9 Å². The summed E-state index contributed by atoms with van der Waals surface area (Å²) >= 11 is 0. The monoisotopic (exact) mass is 396 g/mol. The van der Waals surface area contributed by atoms with Gasteiger partial charge in [0, 0.05) is 18.8 Å². The molecule has 5 nitrogen and oxygen atoms in total. The van der Waals surface area contributed by atoms with Gasteiger partial charge in [-0.3, -0.25) is 9.59 Å². The number of carboxylic acid groups (broad SMARTS) is 1. The fourth-order valence-electron chi connectivity index (χ4n) is 5.36. The van der Waals surface area contributed by atoms with E-state index in [1.165, 1.54) is 25.7 Å². The molecule has 0 aromatic heterocycles. The molecule has 0 saturated heterocycles. The Morgan fingerprint density at radius 3 is 2.46 bits per heavy atom. The zero-order valence-electron chi connectivity index (χ0n) is 17.5. The van der Waals surface area contributed by atoms with Crippen molar-refractivity contribution in [2.45, 2.75) is 109 Å². The van der Waals surface area contributed by atoms with E-state index in [1.54, 1.807) is 0 Å². The van der Waals surface area contributed by atoms with Gasteiger partial charge in [-0.2, -0.15) is 0 Å². The molecule has 28 heavy (non-hydrogen) atoms. The first kappa shape index (κ1) is 23.3. The van der Waals surface area contributed by atoms with Gasteiger partial charge < -0.3 is 15.3 Å². The van der Waals surface area contributed by atoms with Crippen molar-refractivity contribution in [2.75, 3.05) is 0 Å². The highest BCUT2D eigenvalue weighted by molar-refractivity contribution is 5.84. The Bertz CT molecular complexity index is 485. The molecule has 5 heteroatoms. The van der Waals surface area contributed by atoms with Crippen LogP contribution in [0.5, 0.6) is 0 Å². The largest absolute Gasteiger partial charge is 0.481 e. The summed E-state index contributed by atoms with van der Waals surface area (Å²) in [6, 6.07) is 0. The minimum atomic E-state index is -0.755. The summed E-state index contributed by atoms with van der Waals surface area (Å²) in [5.74, 6) is 0.334. The number of ketones is 1. The van der Waals surface area contributed by atoms with Crippen LogP contribution < -0.4 is 0 Å². The minimum absolute atomic E-state index is 0.0279. The summed E-state index contributed by atoms with van der Waals surface area (Å²) in [5.41, 5.74) is 0. The second kappa shape index (κ2) is 11.9. The van der Waals surface area contributed by atoms with Crippen LogP contribution in [-0.2, 0) is 9.59 Å². The quantitative estimate of drug-likeness (QED) is 0.403. The van der Waals surface area contributed by atoms with Crippen molar-refractivity contribution in [1.29, 1.82) is 0 Å². The number of carboxylic acids is 1. The summed E-state index contributed by atoms with van der Waals surface area (Å²) in [5, 5.41) is 29.6. The van der Waals surface area contributed by atoms with Crippen LogP contribution >= 0.6 is 0 Å². The van der Waals surface area contributed by atoms with E-state index in [2.05, 4.69) is 6.92 Å². The molecule has 2 unspecified atom stereocenters. The first-order chi connectivity index (χ1) is 13.4. The highest BCUT2D eigenvalue weighted by Gasteiger charge is 2.40. The molecule has 0 aliphatic heterocycles. The summed E-state index contributed by atoms with van der Waals surface area (Å²) < 4.78 is 0. The van der Waals surface area contributed by atoms with E-state index in [9.17, 15) is 19.8 Å². The minimum Gasteiger partial charge on any atom is -0.481 e. The average molecular weight is 397 g/mol. The predicted octanol–water partition coefficient (Wildman–Crippen LogP) is 4.34. The number of carbonyl (C=O) groups excluding carboxylic acids is 1. The van der Waals surface area contributed by atoms with Crippen molar-refractivity contribution in [3.05, 3.63) is 0 Å². The highest BCUT2D eigenvalue weighted by atomic mass is 16.4. The molecular formula is C23H40O5. The fourth-order valence-corrected chi connectivity index (χ4v) is 5.36. The predicted molar refractivity (Wildman–Crippen MR) is 109 cm³/mol. The summed E-state index contributed by atoms with van der Waals surface area (Å²) in [4.78, 5) is 22.9. The molecule has 0 aromatic rings. The zero-order chi connectivity index (χ0) is 20.5. The van der Waals surface area contributed by atoms with E-state index < -0.39 is 12.1 Å². The van der Waals surface area contributed by atoms with Gasteiger partial charge in [-0.15, -0.1) is 0 Å². The van der Waals surface area contributed by atoms with E-state index in [4.69, 9.17) is 5.11 Å². The standard InChI is InChI=1S/C23H40O5/c1-16(14-17-8-6-7-9-17)20(24)13-12-19-18(21(25)15-22(19)26)10-4-2-3-5-11-23(27)28/h16-20,22,24,26H,2-15H2,1H3,(H,27,28)/t16?,18-,19-,20?,22-/m1/s1. The zero-order valence-corrected chi connectivity index (χ0v) is 17.5. The van der Waals surface area contributed by atoms with Gasteiger partial charge in [0.25, 0.3) is 0 Å². The molecule has 2 fully saturated rings. The van der Waals surface area contributed by atoms with Crippen LogP contribution in [0.25, 0.3) is 0 Å². The van der Waals surface area contributed by atoms with Gasteiger partial charge in [0.15, 0.2) is 0 Å². The maximum absolute atomic E-state index is 12.3. The van der Waals surface area contributed by atoms with Crippen molar-refractivity contribution in [2.24, 2.45) is 23.7 Å². The lowest BCUT2D eigenvalue weighted by atomic mass is 9.82. The van der Waals surface area contributed by atoms with Crippen molar-refractivity contribution >= 4 is 11.8 Å². The van der Waals surface area contributed by atoms with Crippen LogP contribution in [0.3, 0.4) is 0 Å². The maximum Gasteiger partial charge on any atom is 0.303 e.